The minimum absolute atomic E-state index is 0.0688. The van der Waals surface area contributed by atoms with Crippen LogP contribution in [0.5, 0.6) is 11.5 Å². The summed E-state index contributed by atoms with van der Waals surface area (Å²) in [6.07, 6.45) is 0.554. The Bertz CT molecular complexity index is 340. The highest BCUT2D eigenvalue weighted by Gasteiger charge is 2.17. The molecule has 13 heavy (non-hydrogen) atoms. The van der Waals surface area contributed by atoms with Gasteiger partial charge in [-0.2, -0.15) is 0 Å². The molecule has 0 spiro atoms. The molecular formula is C8H5NO4. The van der Waals surface area contributed by atoms with E-state index in [-0.39, 0.29) is 18.0 Å². The molecule has 0 fully saturated rings. The number of ether oxygens (including phenoxy) is 2. The molecule has 1 aliphatic rings. The van der Waals surface area contributed by atoms with E-state index in [0.717, 1.165) is 0 Å². The summed E-state index contributed by atoms with van der Waals surface area (Å²) >= 11 is 0. The number of rotatable bonds is 2. The minimum atomic E-state index is 0.0688. The average Bonchev–Trinajstić information content (AvgIpc) is 2.62. The van der Waals surface area contributed by atoms with Crippen LogP contribution in [0.2, 0.25) is 0 Å². The van der Waals surface area contributed by atoms with E-state index in [9.17, 15) is 9.70 Å². The molecule has 0 unspecified atom stereocenters. The zero-order chi connectivity index (χ0) is 9.26. The zero-order valence-corrected chi connectivity index (χ0v) is 6.52. The third-order valence-electron chi connectivity index (χ3n) is 1.75. The number of aldehydes is 1. The van der Waals surface area contributed by atoms with Crippen molar-refractivity contribution < 1.29 is 14.3 Å². The molecule has 5 heteroatoms. The molecule has 0 radical (unpaired) electrons. The predicted octanol–water partition coefficient (Wildman–Crippen LogP) is 1.63. The molecule has 1 aromatic rings. The Hall–Kier alpha value is -1.91. The fraction of sp³-hybridized carbons (Fsp3) is 0.125. The normalized spacial score (nSPS) is 12.6. The standard InChI is InChI=1S/C8H5NO4/c10-3-5-1-7-8(13-4-12-7)2-6(5)9-11/h1-3H,4H2. The summed E-state index contributed by atoms with van der Waals surface area (Å²) < 4.78 is 10.0. The largest absolute Gasteiger partial charge is 0.454 e. The quantitative estimate of drug-likeness (QED) is 0.511. The van der Waals surface area contributed by atoms with Crippen molar-refractivity contribution in [3.05, 3.63) is 22.6 Å². The second-order valence-electron chi connectivity index (χ2n) is 2.47. The number of carbonyl (C=O) groups is 1. The van der Waals surface area contributed by atoms with Crippen LogP contribution in [0.3, 0.4) is 0 Å². The molecule has 2 rings (SSSR count). The first-order valence-corrected chi connectivity index (χ1v) is 3.57. The molecule has 66 valence electrons. The Balaban J connectivity index is 2.59. The molecular weight excluding hydrogens is 174 g/mol. The minimum Gasteiger partial charge on any atom is -0.454 e. The number of nitrogens with zero attached hydrogens (tertiary/aromatic N) is 1. The van der Waals surface area contributed by atoms with Crippen LogP contribution in [0.4, 0.5) is 5.69 Å². The van der Waals surface area contributed by atoms with Gasteiger partial charge in [-0.1, -0.05) is 0 Å². The highest BCUT2D eigenvalue weighted by atomic mass is 16.7. The van der Waals surface area contributed by atoms with Crippen molar-refractivity contribution in [1.82, 2.24) is 0 Å². The van der Waals surface area contributed by atoms with E-state index >= 15 is 0 Å². The SMILES string of the molecule is O=Cc1cc2c(cc1N=O)OCO2. The summed E-state index contributed by atoms with van der Waals surface area (Å²) in [5.74, 6) is 0.912. The van der Waals surface area contributed by atoms with Gasteiger partial charge in [0.1, 0.15) is 5.69 Å². The maximum Gasteiger partial charge on any atom is 0.231 e. The molecule has 0 saturated carbocycles. The van der Waals surface area contributed by atoms with Crippen molar-refractivity contribution in [1.29, 1.82) is 0 Å². The number of nitroso groups, excluding NO2 is 1. The van der Waals surface area contributed by atoms with Crippen LogP contribution in [0.1, 0.15) is 10.4 Å². The van der Waals surface area contributed by atoms with Crippen molar-refractivity contribution in [2.45, 2.75) is 0 Å². The summed E-state index contributed by atoms with van der Waals surface area (Å²) in [5, 5.41) is 2.70. The summed E-state index contributed by atoms with van der Waals surface area (Å²) in [7, 11) is 0. The molecule has 0 N–H and O–H groups in total. The highest BCUT2D eigenvalue weighted by Crippen LogP contribution is 2.37. The lowest BCUT2D eigenvalue weighted by atomic mass is 10.2. The number of fused-ring (bicyclic) bond motifs is 1. The van der Waals surface area contributed by atoms with Crippen molar-refractivity contribution >= 4 is 12.0 Å². The fourth-order valence-corrected chi connectivity index (χ4v) is 1.12. The van der Waals surface area contributed by atoms with Crippen LogP contribution in [0, 0.1) is 4.91 Å². The Labute approximate surface area is 73.2 Å². The lowest BCUT2D eigenvalue weighted by Crippen LogP contribution is -1.92. The van der Waals surface area contributed by atoms with Gasteiger partial charge in [0.05, 0.1) is 0 Å². The van der Waals surface area contributed by atoms with Crippen molar-refractivity contribution in [3.63, 3.8) is 0 Å². The molecule has 0 saturated heterocycles. The molecule has 0 aromatic heterocycles. The van der Waals surface area contributed by atoms with Crippen molar-refractivity contribution in [3.8, 4) is 11.5 Å². The van der Waals surface area contributed by atoms with Gasteiger partial charge in [-0.05, 0) is 11.2 Å². The van der Waals surface area contributed by atoms with Crippen LogP contribution in [-0.4, -0.2) is 13.1 Å². The molecule has 0 atom stereocenters. The van der Waals surface area contributed by atoms with E-state index in [1.807, 2.05) is 0 Å². The van der Waals surface area contributed by atoms with Gasteiger partial charge in [0.2, 0.25) is 6.79 Å². The Morgan fingerprint density at radius 3 is 2.62 bits per heavy atom. The molecule has 0 bridgehead atoms. The first-order chi connectivity index (χ1) is 6.35. The molecule has 5 nitrogen and oxygen atoms in total. The van der Waals surface area contributed by atoms with E-state index in [4.69, 9.17) is 9.47 Å². The van der Waals surface area contributed by atoms with Crippen LogP contribution < -0.4 is 9.47 Å². The van der Waals surface area contributed by atoms with Crippen molar-refractivity contribution in [2.75, 3.05) is 6.79 Å². The average molecular weight is 179 g/mol. The van der Waals surface area contributed by atoms with E-state index in [1.165, 1.54) is 12.1 Å². The lowest BCUT2D eigenvalue weighted by molar-refractivity contribution is 0.112. The van der Waals surface area contributed by atoms with Gasteiger partial charge < -0.3 is 9.47 Å². The van der Waals surface area contributed by atoms with Gasteiger partial charge in [-0.25, -0.2) is 0 Å². The third kappa shape index (κ3) is 1.14. The van der Waals surface area contributed by atoms with E-state index in [1.54, 1.807) is 0 Å². The van der Waals surface area contributed by atoms with Gasteiger partial charge in [0.25, 0.3) is 0 Å². The topological polar surface area (TPSA) is 65.0 Å². The number of hydrogen-bond donors (Lipinski definition) is 0. The maximum absolute atomic E-state index is 10.5. The maximum atomic E-state index is 10.5. The summed E-state index contributed by atoms with van der Waals surface area (Å²) in [6.45, 7) is 0.107. The Morgan fingerprint density at radius 1 is 1.31 bits per heavy atom. The van der Waals surface area contributed by atoms with E-state index < -0.39 is 0 Å². The van der Waals surface area contributed by atoms with E-state index in [0.29, 0.717) is 17.8 Å². The zero-order valence-electron chi connectivity index (χ0n) is 6.52. The summed E-state index contributed by atoms with van der Waals surface area (Å²) in [5.41, 5.74) is 0.276. The van der Waals surface area contributed by atoms with Crippen molar-refractivity contribution in [2.24, 2.45) is 5.18 Å². The first kappa shape index (κ1) is 7.72. The van der Waals surface area contributed by atoms with Gasteiger partial charge in [-0.3, -0.25) is 4.79 Å². The second kappa shape index (κ2) is 2.85. The Kier molecular flexibility index (Phi) is 1.70. The third-order valence-corrected chi connectivity index (χ3v) is 1.75. The smallest absolute Gasteiger partial charge is 0.231 e. The first-order valence-electron chi connectivity index (χ1n) is 3.57. The number of hydrogen-bond acceptors (Lipinski definition) is 5. The summed E-state index contributed by atoms with van der Waals surface area (Å²) in [4.78, 5) is 20.8. The lowest BCUT2D eigenvalue weighted by Gasteiger charge is -1.98. The fourth-order valence-electron chi connectivity index (χ4n) is 1.12. The monoisotopic (exact) mass is 179 g/mol. The predicted molar refractivity (Wildman–Crippen MR) is 43.4 cm³/mol. The number of benzene rings is 1. The van der Waals surface area contributed by atoms with Gasteiger partial charge in [0, 0.05) is 11.6 Å². The molecule has 1 aliphatic heterocycles. The van der Waals surface area contributed by atoms with Gasteiger partial charge in [-0.15, -0.1) is 4.91 Å². The Morgan fingerprint density at radius 2 is 2.00 bits per heavy atom. The van der Waals surface area contributed by atoms with Crippen LogP contribution in [0.15, 0.2) is 17.3 Å². The molecule has 1 heterocycles. The second-order valence-corrected chi connectivity index (χ2v) is 2.47. The van der Waals surface area contributed by atoms with Crippen LogP contribution >= 0.6 is 0 Å². The highest BCUT2D eigenvalue weighted by molar-refractivity contribution is 5.84. The van der Waals surface area contributed by atoms with Gasteiger partial charge >= 0.3 is 0 Å². The van der Waals surface area contributed by atoms with Crippen LogP contribution in [-0.2, 0) is 0 Å². The molecule has 0 amide bonds. The van der Waals surface area contributed by atoms with E-state index in [2.05, 4.69) is 5.18 Å². The van der Waals surface area contributed by atoms with Crippen LogP contribution in [0.25, 0.3) is 0 Å². The summed E-state index contributed by atoms with van der Waals surface area (Å²) in [6, 6.07) is 2.82. The van der Waals surface area contributed by atoms with Gasteiger partial charge in [0.15, 0.2) is 17.8 Å². The molecule has 0 aliphatic carbocycles. The number of carbonyl (C=O) groups excluding carboxylic acids is 1. The molecule has 1 aromatic carbocycles.